The molecule has 2 aromatic rings. The number of nitrogens with zero attached hydrogens (tertiary/aromatic N) is 1. The molecule has 3 nitrogen and oxygen atoms in total. The maximum atomic E-state index is 13.2. The average molecular weight is 384 g/mol. The minimum atomic E-state index is -3.88. The molecule has 2 rings (SSSR count). The van der Waals surface area contributed by atoms with Gasteiger partial charge in [-0.25, -0.2) is 8.42 Å². The first-order chi connectivity index (χ1) is 11.2. The topological polar surface area (TPSA) is 37.4 Å². The number of anilines is 1. The minimum absolute atomic E-state index is 0.0158. The zero-order valence-corrected chi connectivity index (χ0v) is 16.1. The highest BCUT2D eigenvalue weighted by Gasteiger charge is 2.28. The summed E-state index contributed by atoms with van der Waals surface area (Å²) in [4.78, 5) is -0.0158. The van der Waals surface area contributed by atoms with Gasteiger partial charge in [0, 0.05) is 5.02 Å². The van der Waals surface area contributed by atoms with Crippen molar-refractivity contribution in [3.05, 3.63) is 69.7 Å². The van der Waals surface area contributed by atoms with Crippen LogP contribution >= 0.6 is 23.2 Å². The Morgan fingerprint density at radius 2 is 1.67 bits per heavy atom. The molecule has 0 heterocycles. The molecule has 0 amide bonds. The number of sulfonamides is 1. The van der Waals surface area contributed by atoms with E-state index in [9.17, 15) is 8.42 Å². The number of halogens is 2. The summed E-state index contributed by atoms with van der Waals surface area (Å²) in [7, 11) is -3.88. The highest BCUT2D eigenvalue weighted by Crippen LogP contribution is 2.34. The van der Waals surface area contributed by atoms with Crippen LogP contribution in [0.2, 0.25) is 10.0 Å². The molecule has 24 heavy (non-hydrogen) atoms. The van der Waals surface area contributed by atoms with Crippen LogP contribution in [0, 0.1) is 20.8 Å². The molecule has 0 aliphatic carbocycles. The Bertz CT molecular complexity index is 869. The lowest BCUT2D eigenvalue weighted by Crippen LogP contribution is -2.32. The lowest BCUT2D eigenvalue weighted by Gasteiger charge is -2.27. The van der Waals surface area contributed by atoms with Gasteiger partial charge in [-0.1, -0.05) is 47.0 Å². The zero-order chi connectivity index (χ0) is 18.1. The van der Waals surface area contributed by atoms with Crippen molar-refractivity contribution in [2.75, 3.05) is 10.8 Å². The van der Waals surface area contributed by atoms with Crippen LogP contribution in [-0.4, -0.2) is 15.0 Å². The molecule has 0 saturated heterocycles. The van der Waals surface area contributed by atoms with Gasteiger partial charge in [0.05, 0.1) is 17.3 Å². The Balaban J connectivity index is 2.71. The van der Waals surface area contributed by atoms with Crippen LogP contribution in [0.4, 0.5) is 5.69 Å². The van der Waals surface area contributed by atoms with Gasteiger partial charge in [-0.2, -0.15) is 0 Å². The highest BCUT2D eigenvalue weighted by atomic mass is 35.5. The van der Waals surface area contributed by atoms with E-state index in [0.717, 1.165) is 16.7 Å². The Labute approximate surface area is 153 Å². The lowest BCUT2D eigenvalue weighted by molar-refractivity contribution is 0.592. The predicted molar refractivity (Wildman–Crippen MR) is 102 cm³/mol. The fourth-order valence-electron chi connectivity index (χ4n) is 2.79. The Morgan fingerprint density at radius 1 is 1.08 bits per heavy atom. The van der Waals surface area contributed by atoms with Gasteiger partial charge < -0.3 is 0 Å². The number of benzene rings is 2. The Hall–Kier alpha value is -1.49. The first-order valence-electron chi connectivity index (χ1n) is 7.35. The van der Waals surface area contributed by atoms with Gasteiger partial charge >= 0.3 is 0 Å². The van der Waals surface area contributed by atoms with Crippen LogP contribution in [-0.2, 0) is 10.0 Å². The number of hydrogen-bond donors (Lipinski definition) is 0. The third kappa shape index (κ3) is 3.61. The average Bonchev–Trinajstić information content (AvgIpc) is 2.47. The van der Waals surface area contributed by atoms with Gasteiger partial charge in [-0.3, -0.25) is 4.31 Å². The van der Waals surface area contributed by atoms with Crippen molar-refractivity contribution in [2.24, 2.45) is 0 Å². The molecule has 2 aromatic carbocycles. The van der Waals surface area contributed by atoms with E-state index in [1.807, 2.05) is 32.9 Å². The van der Waals surface area contributed by atoms with Gasteiger partial charge in [0.2, 0.25) is 0 Å². The van der Waals surface area contributed by atoms with Gasteiger partial charge in [0.25, 0.3) is 10.0 Å². The SMILES string of the molecule is C=CCN(c1c(C)cc(C)cc1C)S(=O)(=O)c1cc(Cl)ccc1Cl. The number of hydrogen-bond acceptors (Lipinski definition) is 2. The third-order valence-corrected chi connectivity index (χ3v) is 6.12. The lowest BCUT2D eigenvalue weighted by atomic mass is 10.1. The highest BCUT2D eigenvalue weighted by molar-refractivity contribution is 7.93. The predicted octanol–water partition coefficient (Wildman–Crippen LogP) is 5.30. The van der Waals surface area contributed by atoms with Crippen molar-refractivity contribution in [3.8, 4) is 0 Å². The van der Waals surface area contributed by atoms with Crippen molar-refractivity contribution >= 4 is 38.9 Å². The summed E-state index contributed by atoms with van der Waals surface area (Å²) in [5.41, 5.74) is 3.45. The second-order valence-electron chi connectivity index (χ2n) is 5.65. The summed E-state index contributed by atoms with van der Waals surface area (Å²) in [6.45, 7) is 9.57. The van der Waals surface area contributed by atoms with Crippen molar-refractivity contribution < 1.29 is 8.42 Å². The molecular weight excluding hydrogens is 365 g/mol. The molecule has 0 bridgehead atoms. The van der Waals surface area contributed by atoms with Crippen LogP contribution in [0.15, 0.2) is 47.9 Å². The summed E-state index contributed by atoms with van der Waals surface area (Å²) in [5.74, 6) is 0. The zero-order valence-electron chi connectivity index (χ0n) is 13.8. The van der Waals surface area contributed by atoms with Crippen LogP contribution in [0.25, 0.3) is 0 Å². The van der Waals surface area contributed by atoms with Crippen molar-refractivity contribution in [1.82, 2.24) is 0 Å². The second-order valence-corrected chi connectivity index (χ2v) is 8.32. The van der Waals surface area contributed by atoms with Gasteiger partial charge in [-0.15, -0.1) is 6.58 Å². The molecule has 0 aromatic heterocycles. The standard InChI is InChI=1S/C18H19Cl2NO2S/c1-5-8-21(18-13(3)9-12(2)10-14(18)4)24(22,23)17-11-15(19)6-7-16(17)20/h5-7,9-11H,1,8H2,2-4H3. The molecule has 0 unspecified atom stereocenters. The second kappa shape index (κ2) is 7.18. The van der Waals surface area contributed by atoms with E-state index < -0.39 is 10.0 Å². The van der Waals surface area contributed by atoms with E-state index >= 15 is 0 Å². The quantitative estimate of drug-likeness (QED) is 0.656. The van der Waals surface area contributed by atoms with Crippen LogP contribution < -0.4 is 4.31 Å². The number of rotatable bonds is 5. The van der Waals surface area contributed by atoms with Crippen molar-refractivity contribution in [2.45, 2.75) is 25.7 Å². The smallest absolute Gasteiger partial charge is 0.262 e. The van der Waals surface area contributed by atoms with Gasteiger partial charge in [0.1, 0.15) is 4.90 Å². The molecule has 0 aliphatic heterocycles. The monoisotopic (exact) mass is 383 g/mol. The Morgan fingerprint density at radius 3 is 2.21 bits per heavy atom. The van der Waals surface area contributed by atoms with Crippen molar-refractivity contribution in [1.29, 1.82) is 0 Å². The molecule has 0 N–H and O–H groups in total. The van der Waals surface area contributed by atoms with E-state index in [1.165, 1.54) is 16.4 Å². The minimum Gasteiger partial charge on any atom is -0.262 e. The summed E-state index contributed by atoms with van der Waals surface area (Å²) in [5, 5.41) is 0.449. The fraction of sp³-hybridized carbons (Fsp3) is 0.222. The molecule has 128 valence electrons. The first kappa shape index (κ1) is 18.8. The van der Waals surface area contributed by atoms with Crippen LogP contribution in [0.3, 0.4) is 0 Å². The Kier molecular flexibility index (Phi) is 5.63. The van der Waals surface area contributed by atoms with Gasteiger partial charge in [-0.05, 0) is 50.1 Å². The normalized spacial score (nSPS) is 11.4. The fourth-order valence-corrected chi connectivity index (χ4v) is 5.09. The largest absolute Gasteiger partial charge is 0.266 e. The summed E-state index contributed by atoms with van der Waals surface area (Å²) in [6.07, 6.45) is 1.55. The number of aryl methyl sites for hydroxylation is 3. The van der Waals surface area contributed by atoms with E-state index in [0.29, 0.717) is 10.7 Å². The van der Waals surface area contributed by atoms with Crippen molar-refractivity contribution in [3.63, 3.8) is 0 Å². The maximum absolute atomic E-state index is 13.2. The van der Waals surface area contributed by atoms with E-state index in [-0.39, 0.29) is 16.5 Å². The van der Waals surface area contributed by atoms with Crippen LogP contribution in [0.1, 0.15) is 16.7 Å². The summed E-state index contributed by atoms with van der Waals surface area (Å²) < 4.78 is 27.8. The first-order valence-corrected chi connectivity index (χ1v) is 9.54. The third-order valence-electron chi connectivity index (χ3n) is 3.64. The molecule has 6 heteroatoms. The van der Waals surface area contributed by atoms with E-state index in [2.05, 4.69) is 6.58 Å². The molecule has 0 fully saturated rings. The van der Waals surface area contributed by atoms with Crippen LogP contribution in [0.5, 0.6) is 0 Å². The molecule has 0 aliphatic rings. The summed E-state index contributed by atoms with van der Waals surface area (Å²) in [6, 6.07) is 8.32. The maximum Gasteiger partial charge on any atom is 0.266 e. The molecule has 0 radical (unpaired) electrons. The summed E-state index contributed by atoms with van der Waals surface area (Å²) >= 11 is 12.1. The van der Waals surface area contributed by atoms with E-state index in [4.69, 9.17) is 23.2 Å². The van der Waals surface area contributed by atoms with E-state index in [1.54, 1.807) is 12.1 Å². The molecule has 0 saturated carbocycles. The van der Waals surface area contributed by atoms with Gasteiger partial charge in [0.15, 0.2) is 0 Å². The molecule has 0 spiro atoms. The molecular formula is C18H19Cl2NO2S. The molecule has 0 atom stereocenters.